The lowest BCUT2D eigenvalue weighted by molar-refractivity contribution is 0.210. The van der Waals surface area contributed by atoms with E-state index in [0.717, 1.165) is 0 Å². The molecule has 1 aromatic rings. The minimum Gasteiger partial charge on any atom is -0.383 e. The number of aromatic amines is 1. The van der Waals surface area contributed by atoms with Gasteiger partial charge in [0.1, 0.15) is 0 Å². The molecule has 0 fully saturated rings. The molecule has 1 rings (SSSR count). The van der Waals surface area contributed by atoms with Crippen LogP contribution >= 0.6 is 0 Å². The fourth-order valence-corrected chi connectivity index (χ4v) is 0.618. The number of rotatable bonds is 4. The SMILES string of the molecule is COCCNc1n[nH]c(N)n1. The molecule has 6 heteroatoms. The Morgan fingerprint density at radius 2 is 2.55 bits per heavy atom. The van der Waals surface area contributed by atoms with Crippen molar-refractivity contribution in [2.24, 2.45) is 0 Å². The van der Waals surface area contributed by atoms with Gasteiger partial charge in [0.15, 0.2) is 0 Å². The van der Waals surface area contributed by atoms with Crippen LogP contribution < -0.4 is 11.1 Å². The zero-order valence-electron chi connectivity index (χ0n) is 6.29. The molecule has 0 aliphatic rings. The summed E-state index contributed by atoms with van der Waals surface area (Å²) in [6.45, 7) is 1.29. The summed E-state index contributed by atoms with van der Waals surface area (Å²) in [5, 5.41) is 9.18. The summed E-state index contributed by atoms with van der Waals surface area (Å²) >= 11 is 0. The van der Waals surface area contributed by atoms with Crippen LogP contribution in [-0.2, 0) is 4.74 Å². The van der Waals surface area contributed by atoms with E-state index in [1.54, 1.807) is 7.11 Å². The number of ether oxygens (including phenoxy) is 1. The number of nitrogens with one attached hydrogen (secondary N) is 2. The molecule has 0 saturated carbocycles. The van der Waals surface area contributed by atoms with Crippen LogP contribution in [0.2, 0.25) is 0 Å². The van der Waals surface area contributed by atoms with Gasteiger partial charge in [-0.2, -0.15) is 4.98 Å². The molecule has 6 nitrogen and oxygen atoms in total. The number of nitrogens with two attached hydrogens (primary N) is 1. The fourth-order valence-electron chi connectivity index (χ4n) is 0.618. The maximum absolute atomic E-state index is 5.28. The number of anilines is 2. The van der Waals surface area contributed by atoms with Crippen molar-refractivity contribution in [3.63, 3.8) is 0 Å². The van der Waals surface area contributed by atoms with Gasteiger partial charge in [0, 0.05) is 13.7 Å². The molecule has 0 aliphatic carbocycles. The molecule has 0 bridgehead atoms. The number of nitrogen functional groups attached to an aromatic ring is 1. The van der Waals surface area contributed by atoms with Crippen LogP contribution in [0.5, 0.6) is 0 Å². The van der Waals surface area contributed by atoms with Crippen LogP contribution in [0.15, 0.2) is 0 Å². The first-order valence-corrected chi connectivity index (χ1v) is 3.23. The minimum atomic E-state index is 0.310. The van der Waals surface area contributed by atoms with E-state index in [-0.39, 0.29) is 0 Å². The topological polar surface area (TPSA) is 88.8 Å². The van der Waals surface area contributed by atoms with Crippen molar-refractivity contribution in [1.29, 1.82) is 0 Å². The third-order valence-electron chi connectivity index (χ3n) is 1.09. The Kier molecular flexibility index (Phi) is 2.67. The van der Waals surface area contributed by atoms with Gasteiger partial charge in [0.2, 0.25) is 11.9 Å². The molecule has 1 aromatic heterocycles. The van der Waals surface area contributed by atoms with E-state index in [9.17, 15) is 0 Å². The van der Waals surface area contributed by atoms with Gasteiger partial charge < -0.3 is 15.8 Å². The quantitative estimate of drug-likeness (QED) is 0.510. The van der Waals surface area contributed by atoms with Crippen molar-refractivity contribution in [1.82, 2.24) is 15.2 Å². The second-order valence-corrected chi connectivity index (χ2v) is 1.96. The van der Waals surface area contributed by atoms with Gasteiger partial charge in [-0.3, -0.25) is 0 Å². The maximum atomic E-state index is 5.28. The molecule has 1 heterocycles. The molecule has 0 unspecified atom stereocenters. The zero-order chi connectivity index (χ0) is 8.10. The highest BCUT2D eigenvalue weighted by atomic mass is 16.5. The van der Waals surface area contributed by atoms with Crippen LogP contribution in [0.4, 0.5) is 11.9 Å². The predicted octanol–water partition coefficient (Wildman–Crippen LogP) is -0.555. The Balaban J connectivity index is 2.27. The van der Waals surface area contributed by atoms with Gasteiger partial charge >= 0.3 is 0 Å². The lowest BCUT2D eigenvalue weighted by atomic mass is 10.7. The van der Waals surface area contributed by atoms with E-state index in [2.05, 4.69) is 20.5 Å². The average molecular weight is 157 g/mol. The lowest BCUT2D eigenvalue weighted by Crippen LogP contribution is -2.08. The van der Waals surface area contributed by atoms with Crippen molar-refractivity contribution in [2.45, 2.75) is 0 Å². The second-order valence-electron chi connectivity index (χ2n) is 1.96. The molecule has 0 radical (unpaired) electrons. The van der Waals surface area contributed by atoms with Crippen LogP contribution in [0, 0.1) is 0 Å². The highest BCUT2D eigenvalue weighted by Crippen LogP contribution is 1.96. The van der Waals surface area contributed by atoms with Crippen molar-refractivity contribution in [3.05, 3.63) is 0 Å². The standard InChI is InChI=1S/C5H11N5O/c1-11-3-2-7-5-8-4(6)9-10-5/h2-3H2,1H3,(H4,6,7,8,9,10). The Hall–Kier alpha value is -1.30. The third kappa shape index (κ3) is 2.42. The summed E-state index contributed by atoms with van der Waals surface area (Å²) in [6, 6.07) is 0. The van der Waals surface area contributed by atoms with E-state index >= 15 is 0 Å². The predicted molar refractivity (Wildman–Crippen MR) is 41.2 cm³/mol. The monoisotopic (exact) mass is 157 g/mol. The van der Waals surface area contributed by atoms with Crippen molar-refractivity contribution in [3.8, 4) is 0 Å². The summed E-state index contributed by atoms with van der Waals surface area (Å²) < 4.78 is 4.81. The molecule has 0 saturated heterocycles. The lowest BCUT2D eigenvalue weighted by Gasteiger charge is -1.97. The first-order chi connectivity index (χ1) is 5.33. The van der Waals surface area contributed by atoms with Gasteiger partial charge in [-0.25, -0.2) is 5.10 Å². The van der Waals surface area contributed by atoms with Gasteiger partial charge in [0.25, 0.3) is 0 Å². The second kappa shape index (κ2) is 3.77. The maximum Gasteiger partial charge on any atom is 0.243 e. The van der Waals surface area contributed by atoms with Gasteiger partial charge in [-0.05, 0) is 0 Å². The van der Waals surface area contributed by atoms with E-state index in [0.29, 0.717) is 25.0 Å². The third-order valence-corrected chi connectivity index (χ3v) is 1.09. The highest BCUT2D eigenvalue weighted by molar-refractivity contribution is 5.29. The Bertz CT molecular complexity index is 210. The normalized spacial score (nSPS) is 9.91. The molecule has 0 aliphatic heterocycles. The largest absolute Gasteiger partial charge is 0.383 e. The average Bonchev–Trinajstić information content (AvgIpc) is 2.37. The molecule has 0 spiro atoms. The van der Waals surface area contributed by atoms with E-state index in [1.807, 2.05) is 0 Å². The van der Waals surface area contributed by atoms with Gasteiger partial charge in [-0.1, -0.05) is 0 Å². The molecular formula is C5H11N5O. The summed E-state index contributed by atoms with van der Waals surface area (Å²) in [5.41, 5.74) is 5.28. The van der Waals surface area contributed by atoms with Crippen molar-refractivity contribution >= 4 is 11.9 Å². The number of nitrogens with zero attached hydrogens (tertiary/aromatic N) is 2. The van der Waals surface area contributed by atoms with Gasteiger partial charge in [0.05, 0.1) is 6.61 Å². The zero-order valence-corrected chi connectivity index (χ0v) is 6.29. The summed E-state index contributed by atoms with van der Waals surface area (Å²) in [4.78, 5) is 3.83. The smallest absolute Gasteiger partial charge is 0.243 e. The molecular weight excluding hydrogens is 146 g/mol. The first-order valence-electron chi connectivity index (χ1n) is 3.23. The first kappa shape index (κ1) is 7.80. The van der Waals surface area contributed by atoms with Crippen LogP contribution in [-0.4, -0.2) is 35.4 Å². The molecule has 0 amide bonds. The molecule has 11 heavy (non-hydrogen) atoms. The summed E-state index contributed by atoms with van der Waals surface area (Å²) in [6.07, 6.45) is 0. The van der Waals surface area contributed by atoms with E-state index in [1.165, 1.54) is 0 Å². The number of hydrogen-bond acceptors (Lipinski definition) is 5. The number of hydrogen-bond donors (Lipinski definition) is 3. The summed E-state index contributed by atoms with van der Waals surface area (Å²) in [5.74, 6) is 0.810. The van der Waals surface area contributed by atoms with Crippen molar-refractivity contribution < 1.29 is 4.74 Å². The Morgan fingerprint density at radius 3 is 3.09 bits per heavy atom. The molecule has 62 valence electrons. The molecule has 0 aromatic carbocycles. The molecule has 0 atom stereocenters. The van der Waals surface area contributed by atoms with Crippen LogP contribution in [0.25, 0.3) is 0 Å². The van der Waals surface area contributed by atoms with Gasteiger partial charge in [-0.15, -0.1) is 5.10 Å². The fraction of sp³-hybridized carbons (Fsp3) is 0.600. The van der Waals surface area contributed by atoms with Crippen LogP contribution in [0.1, 0.15) is 0 Å². The number of methoxy groups -OCH3 is 1. The molecule has 4 N–H and O–H groups in total. The highest BCUT2D eigenvalue weighted by Gasteiger charge is 1.96. The van der Waals surface area contributed by atoms with Crippen molar-refractivity contribution in [2.75, 3.05) is 31.3 Å². The Morgan fingerprint density at radius 1 is 1.73 bits per heavy atom. The Labute approximate surface area is 64.1 Å². The van der Waals surface area contributed by atoms with Crippen LogP contribution in [0.3, 0.4) is 0 Å². The number of H-pyrrole nitrogens is 1. The van der Waals surface area contributed by atoms with E-state index < -0.39 is 0 Å². The minimum absolute atomic E-state index is 0.310. The number of aromatic nitrogens is 3. The summed E-state index contributed by atoms with van der Waals surface area (Å²) in [7, 11) is 1.63. The van der Waals surface area contributed by atoms with E-state index in [4.69, 9.17) is 10.5 Å².